The second kappa shape index (κ2) is 3.97. The van der Waals surface area contributed by atoms with Crippen molar-refractivity contribution in [3.8, 4) is 0 Å². The van der Waals surface area contributed by atoms with Gasteiger partial charge < -0.3 is 4.90 Å². The summed E-state index contributed by atoms with van der Waals surface area (Å²) in [6.45, 7) is 4.12. The largest absolute Gasteiger partial charge is 0.303 e. The smallest absolute Gasteiger partial charge is 0.248 e. The molecule has 0 radical (unpaired) electrons. The van der Waals surface area contributed by atoms with Gasteiger partial charge in [0.05, 0.1) is 0 Å². The van der Waals surface area contributed by atoms with Crippen LogP contribution in [-0.2, 0) is 0 Å². The maximum absolute atomic E-state index is 6.18. The van der Waals surface area contributed by atoms with Gasteiger partial charge in [-0.15, -0.1) is 22.2 Å². The fraction of sp³-hybridized carbons (Fsp3) is 1.00. The molecular weight excluding hydrogens is 233 g/mol. The maximum Gasteiger partial charge on any atom is 0.248 e. The molecule has 0 saturated carbocycles. The van der Waals surface area contributed by atoms with Crippen molar-refractivity contribution < 1.29 is 0 Å². The van der Waals surface area contributed by atoms with E-state index >= 15 is 0 Å². The zero-order valence-electron chi connectivity index (χ0n) is 8.86. The molecule has 14 heavy (non-hydrogen) atoms. The van der Waals surface area contributed by atoms with Crippen molar-refractivity contribution in [2.24, 2.45) is 5.41 Å². The van der Waals surface area contributed by atoms with Gasteiger partial charge in [0.15, 0.2) is 0 Å². The van der Waals surface area contributed by atoms with E-state index in [1.807, 2.05) is 6.55 Å². The van der Waals surface area contributed by atoms with E-state index in [9.17, 15) is 0 Å². The molecule has 3 aliphatic heterocycles. The van der Waals surface area contributed by atoms with Crippen molar-refractivity contribution in [1.82, 2.24) is 4.90 Å². The van der Waals surface area contributed by atoms with Crippen LogP contribution in [-0.4, -0.2) is 31.2 Å². The number of hydrogen-bond donors (Lipinski definition) is 0. The summed E-state index contributed by atoms with van der Waals surface area (Å²) in [5, 5.41) is 0. The Morgan fingerprint density at radius 2 is 1.64 bits per heavy atom. The van der Waals surface area contributed by atoms with E-state index < -0.39 is 6.69 Å². The Bertz CT molecular complexity index is 193. The van der Waals surface area contributed by atoms with Crippen molar-refractivity contribution in [2.45, 2.75) is 38.3 Å². The van der Waals surface area contributed by atoms with Gasteiger partial charge in [-0.2, -0.15) is 0 Å². The van der Waals surface area contributed by atoms with Gasteiger partial charge in [-0.05, 0) is 63.3 Å². The second-order valence-electron chi connectivity index (χ2n) is 5.16. The molecule has 0 aromatic heterocycles. The topological polar surface area (TPSA) is 3.24 Å². The van der Waals surface area contributed by atoms with Crippen LogP contribution >= 0.6 is 22.2 Å². The summed E-state index contributed by atoms with van der Waals surface area (Å²) in [6, 6.07) is 1.08. The minimum absolute atomic E-state index is 0.618. The molecule has 0 aromatic rings. The lowest BCUT2D eigenvalue weighted by atomic mass is 9.70. The third kappa shape index (κ3) is 2.66. The predicted molar refractivity (Wildman–Crippen MR) is 65.5 cm³/mol. The summed E-state index contributed by atoms with van der Waals surface area (Å²) >= 11 is 12.4. The zero-order valence-corrected chi connectivity index (χ0v) is 11.4. The molecule has 0 aromatic carbocycles. The summed E-state index contributed by atoms with van der Waals surface area (Å²) in [7, 11) is 0. The molecular formula is C10H19Cl2NSi. The molecule has 3 fully saturated rings. The third-order valence-electron chi connectivity index (χ3n) is 3.97. The predicted octanol–water partition coefficient (Wildman–Crippen LogP) is 3.41. The molecule has 0 atom stereocenters. The lowest BCUT2D eigenvalue weighted by molar-refractivity contribution is 0.0235. The molecule has 0 spiro atoms. The molecule has 1 nitrogen and oxygen atoms in total. The molecule has 0 N–H and O–H groups in total. The first-order chi connectivity index (χ1) is 6.49. The number of fused-ring (bicyclic) bond motifs is 3. The van der Waals surface area contributed by atoms with Gasteiger partial charge in [0, 0.05) is 0 Å². The fourth-order valence-electron chi connectivity index (χ4n) is 2.76. The van der Waals surface area contributed by atoms with E-state index in [1.54, 1.807) is 0 Å². The van der Waals surface area contributed by atoms with Gasteiger partial charge in [-0.3, -0.25) is 0 Å². The monoisotopic (exact) mass is 251 g/mol. The van der Waals surface area contributed by atoms with Crippen LogP contribution in [0.15, 0.2) is 0 Å². The Hall–Kier alpha value is 0.757. The zero-order chi connectivity index (χ0) is 10.2. The van der Waals surface area contributed by atoms with E-state index in [2.05, 4.69) is 4.90 Å². The van der Waals surface area contributed by atoms with E-state index in [4.69, 9.17) is 22.2 Å². The molecule has 3 aliphatic rings. The number of halogens is 2. The molecule has 3 heterocycles. The Morgan fingerprint density at radius 1 is 1.14 bits per heavy atom. The lowest BCUT2D eigenvalue weighted by Gasteiger charge is -2.49. The SMILES string of the molecule is C[Si](Cl)(Cl)CCC12CCN(CC1)CC2. The van der Waals surface area contributed by atoms with Crippen molar-refractivity contribution in [2.75, 3.05) is 19.6 Å². The highest BCUT2D eigenvalue weighted by molar-refractivity contribution is 7.44. The Labute approximate surface area is 97.2 Å². The number of rotatable bonds is 3. The highest BCUT2D eigenvalue weighted by Crippen LogP contribution is 2.45. The molecule has 0 unspecified atom stereocenters. The van der Waals surface area contributed by atoms with Crippen LogP contribution in [0.4, 0.5) is 0 Å². The number of piperidine rings is 3. The van der Waals surface area contributed by atoms with Crippen molar-refractivity contribution in [3.63, 3.8) is 0 Å². The van der Waals surface area contributed by atoms with E-state index in [0.29, 0.717) is 5.41 Å². The minimum atomic E-state index is -1.86. The van der Waals surface area contributed by atoms with Crippen LogP contribution in [0, 0.1) is 5.41 Å². The summed E-state index contributed by atoms with van der Waals surface area (Å²) in [4.78, 5) is 2.58. The van der Waals surface area contributed by atoms with Gasteiger partial charge in [-0.1, -0.05) is 0 Å². The van der Waals surface area contributed by atoms with Gasteiger partial charge in [0.25, 0.3) is 0 Å². The van der Waals surface area contributed by atoms with E-state index in [1.165, 1.54) is 45.3 Å². The van der Waals surface area contributed by atoms with E-state index in [0.717, 1.165) is 6.04 Å². The minimum Gasteiger partial charge on any atom is -0.303 e. The van der Waals surface area contributed by atoms with Crippen LogP contribution in [0.1, 0.15) is 25.7 Å². The summed E-state index contributed by atoms with van der Waals surface area (Å²) in [5.41, 5.74) is 0.618. The lowest BCUT2D eigenvalue weighted by Crippen LogP contribution is -2.48. The van der Waals surface area contributed by atoms with Crippen molar-refractivity contribution in [1.29, 1.82) is 0 Å². The standard InChI is InChI=1S/C10H19Cl2NSi/c1-14(11,12)9-5-10-2-6-13(7-3-10)8-4-10/h2-9H2,1H3. The molecule has 3 rings (SSSR count). The van der Waals surface area contributed by atoms with Crippen LogP contribution in [0.5, 0.6) is 0 Å². The third-order valence-corrected chi connectivity index (χ3v) is 6.23. The molecule has 2 bridgehead atoms. The summed E-state index contributed by atoms with van der Waals surface area (Å²) in [5.74, 6) is 0. The molecule has 82 valence electrons. The second-order valence-corrected chi connectivity index (χ2v) is 13.4. The highest BCUT2D eigenvalue weighted by Gasteiger charge is 2.40. The first-order valence-corrected chi connectivity index (χ1v) is 10.3. The van der Waals surface area contributed by atoms with Crippen LogP contribution < -0.4 is 0 Å². The van der Waals surface area contributed by atoms with Crippen molar-refractivity contribution >= 4 is 28.9 Å². The average molecular weight is 252 g/mol. The average Bonchev–Trinajstić information content (AvgIpc) is 2.17. The number of nitrogens with zero attached hydrogens (tertiary/aromatic N) is 1. The molecule has 4 heteroatoms. The van der Waals surface area contributed by atoms with Gasteiger partial charge in [0.2, 0.25) is 6.69 Å². The van der Waals surface area contributed by atoms with E-state index in [-0.39, 0.29) is 0 Å². The maximum atomic E-state index is 6.18. The first-order valence-electron chi connectivity index (χ1n) is 5.59. The van der Waals surface area contributed by atoms with Crippen LogP contribution in [0.25, 0.3) is 0 Å². The fourth-order valence-corrected chi connectivity index (χ4v) is 4.29. The van der Waals surface area contributed by atoms with Gasteiger partial charge in [-0.25, -0.2) is 0 Å². The Balaban J connectivity index is 1.89. The van der Waals surface area contributed by atoms with Crippen molar-refractivity contribution in [3.05, 3.63) is 0 Å². The molecule has 0 amide bonds. The quantitative estimate of drug-likeness (QED) is 0.549. The normalized spacial score (nSPS) is 37.5. The molecule has 3 saturated heterocycles. The van der Waals surface area contributed by atoms with Gasteiger partial charge in [0.1, 0.15) is 0 Å². The summed E-state index contributed by atoms with van der Waals surface area (Å²) in [6.07, 6.45) is 5.42. The number of hydrogen-bond acceptors (Lipinski definition) is 1. The van der Waals surface area contributed by atoms with Crippen LogP contribution in [0.3, 0.4) is 0 Å². The van der Waals surface area contributed by atoms with Gasteiger partial charge >= 0.3 is 0 Å². The Kier molecular flexibility index (Phi) is 3.19. The van der Waals surface area contributed by atoms with Crippen LogP contribution in [0.2, 0.25) is 12.6 Å². The summed E-state index contributed by atoms with van der Waals surface area (Å²) < 4.78 is 0. The first kappa shape index (κ1) is 11.2. The molecule has 0 aliphatic carbocycles. The highest BCUT2D eigenvalue weighted by atomic mass is 35.7. The Morgan fingerprint density at radius 3 is 2.07 bits per heavy atom.